The molecule has 2 unspecified atom stereocenters. The highest BCUT2D eigenvalue weighted by molar-refractivity contribution is 7.45. The maximum absolute atomic E-state index is 12.7. The molecule has 0 aromatic rings. The fourth-order valence-corrected chi connectivity index (χ4v) is 5.69. The van der Waals surface area contributed by atoms with Crippen molar-refractivity contribution in [3.8, 4) is 0 Å². The highest BCUT2D eigenvalue weighted by atomic mass is 31.2. The number of phosphoric acid groups is 1. The molecule has 2 atom stereocenters. The van der Waals surface area contributed by atoms with Crippen LogP contribution in [-0.2, 0) is 32.7 Å². The molecule has 0 radical (unpaired) electrons. The Hall–Kier alpha value is -3.33. The van der Waals surface area contributed by atoms with Gasteiger partial charge in [-0.15, -0.1) is 0 Å². The van der Waals surface area contributed by atoms with Gasteiger partial charge in [-0.05, 0) is 96.3 Å². The van der Waals surface area contributed by atoms with Gasteiger partial charge in [0.25, 0.3) is 7.82 Å². The molecule has 0 aromatic carbocycles. The third kappa shape index (κ3) is 42.3. The monoisotopic (exact) mass is 828 g/mol. The Bertz CT molecular complexity index is 1350. The molecule has 0 aliphatic heterocycles. The first-order valence-electron chi connectivity index (χ1n) is 21.6. The average Bonchev–Trinajstić information content (AvgIpc) is 3.17. The lowest BCUT2D eigenvalue weighted by molar-refractivity contribution is -0.870. The molecule has 10 heteroatoms. The maximum Gasteiger partial charge on any atom is 0.306 e. The molecule has 0 aliphatic carbocycles. The third-order valence-corrected chi connectivity index (χ3v) is 9.25. The molecule has 0 fully saturated rings. The van der Waals surface area contributed by atoms with E-state index in [1.807, 2.05) is 21.1 Å². The molecule has 9 nitrogen and oxygen atoms in total. The first-order chi connectivity index (χ1) is 28.0. The van der Waals surface area contributed by atoms with Crippen LogP contribution in [0, 0.1) is 0 Å². The summed E-state index contributed by atoms with van der Waals surface area (Å²) in [5.41, 5.74) is 0. The SMILES string of the molecule is CC/C=C\C/C=C\C/C=C\C/C=C\C/C=C\C/C=C\CCCCC(=O)OC(COC(=O)CCCCC/C=C\C/C=C\C/C=C\CC)COP(=O)([O-])OCC[N+](C)(C)C. The summed E-state index contributed by atoms with van der Waals surface area (Å²) >= 11 is 0. The van der Waals surface area contributed by atoms with Gasteiger partial charge in [0.05, 0.1) is 27.7 Å². The zero-order chi connectivity index (χ0) is 42.8. The van der Waals surface area contributed by atoms with E-state index in [-0.39, 0.29) is 26.1 Å². The van der Waals surface area contributed by atoms with Crippen LogP contribution in [0.25, 0.3) is 0 Å². The van der Waals surface area contributed by atoms with Crippen molar-refractivity contribution in [2.45, 2.75) is 136 Å². The van der Waals surface area contributed by atoms with E-state index in [4.69, 9.17) is 18.5 Å². The minimum Gasteiger partial charge on any atom is -0.756 e. The van der Waals surface area contributed by atoms with Crippen molar-refractivity contribution in [2.75, 3.05) is 47.5 Å². The number of allylic oxidation sites excluding steroid dienone is 18. The van der Waals surface area contributed by atoms with Gasteiger partial charge in [-0.3, -0.25) is 14.2 Å². The van der Waals surface area contributed by atoms with Crippen molar-refractivity contribution in [3.05, 3.63) is 109 Å². The summed E-state index contributed by atoms with van der Waals surface area (Å²) in [5, 5.41) is 0. The van der Waals surface area contributed by atoms with Crippen molar-refractivity contribution >= 4 is 19.8 Å². The van der Waals surface area contributed by atoms with Gasteiger partial charge in [-0.1, -0.05) is 130 Å². The maximum atomic E-state index is 12.7. The number of nitrogens with zero attached hydrogens (tertiary/aromatic N) is 1. The lowest BCUT2D eigenvalue weighted by atomic mass is 10.1. The van der Waals surface area contributed by atoms with Gasteiger partial charge in [0.1, 0.15) is 19.8 Å². The molecule has 0 bridgehead atoms. The summed E-state index contributed by atoms with van der Waals surface area (Å²) in [7, 11) is 1.10. The molecule has 0 saturated heterocycles. The summed E-state index contributed by atoms with van der Waals surface area (Å²) in [6.07, 6.45) is 52.7. The van der Waals surface area contributed by atoms with Crippen LogP contribution in [0.4, 0.5) is 0 Å². The van der Waals surface area contributed by atoms with Crippen LogP contribution in [0.1, 0.15) is 129 Å². The number of ether oxygens (including phenoxy) is 2. The van der Waals surface area contributed by atoms with Crippen molar-refractivity contribution in [2.24, 2.45) is 0 Å². The van der Waals surface area contributed by atoms with Crippen LogP contribution in [0.5, 0.6) is 0 Å². The van der Waals surface area contributed by atoms with Crippen molar-refractivity contribution in [1.29, 1.82) is 0 Å². The molecule has 0 rings (SSSR count). The van der Waals surface area contributed by atoms with Crippen LogP contribution in [0.2, 0.25) is 0 Å². The number of hydrogen-bond acceptors (Lipinski definition) is 8. The van der Waals surface area contributed by atoms with Gasteiger partial charge >= 0.3 is 11.9 Å². The van der Waals surface area contributed by atoms with Crippen LogP contribution < -0.4 is 4.89 Å². The number of hydrogen-bond donors (Lipinski definition) is 0. The second-order valence-electron chi connectivity index (χ2n) is 14.9. The largest absolute Gasteiger partial charge is 0.756 e. The first kappa shape index (κ1) is 54.7. The Morgan fingerprint density at radius 3 is 1.38 bits per heavy atom. The normalized spacial score (nSPS) is 14.7. The third-order valence-electron chi connectivity index (χ3n) is 8.29. The topological polar surface area (TPSA) is 111 Å². The molecular formula is C48H78NO8P. The van der Waals surface area contributed by atoms with E-state index in [2.05, 4.69) is 123 Å². The number of likely N-dealkylation sites (N-methyl/N-ethyl adjacent to an activating group) is 1. The standard InChI is InChI=1S/C48H78NO8P/c1-6-8-10-12-14-16-18-20-21-22-23-24-25-26-27-29-31-33-35-37-39-41-48(51)57-46(45-56-58(52,53)55-43-42-49(3,4)5)44-54-47(50)40-38-36-34-32-30-28-19-17-15-13-11-9-7-2/h8-11,14-17,20-21,23-24,26-28,30-31,33,46H,6-7,12-13,18-19,22,25,29,32,34-45H2,1-5H3/b10-8-,11-9-,16-14-,17-15-,21-20-,24-23-,27-26-,30-28-,33-31-. The predicted octanol–water partition coefficient (Wildman–Crippen LogP) is 11.7. The van der Waals surface area contributed by atoms with E-state index >= 15 is 0 Å². The van der Waals surface area contributed by atoms with Crippen molar-refractivity contribution in [3.63, 3.8) is 0 Å². The molecule has 0 aromatic heterocycles. The minimum absolute atomic E-state index is 0.0513. The number of rotatable bonds is 37. The number of phosphoric ester groups is 1. The molecule has 0 amide bonds. The summed E-state index contributed by atoms with van der Waals surface area (Å²) in [4.78, 5) is 37.5. The molecule has 58 heavy (non-hydrogen) atoms. The first-order valence-corrected chi connectivity index (χ1v) is 23.1. The van der Waals surface area contributed by atoms with Gasteiger partial charge in [0.15, 0.2) is 6.10 Å². The van der Waals surface area contributed by atoms with E-state index in [0.717, 1.165) is 89.9 Å². The smallest absolute Gasteiger partial charge is 0.306 e. The number of esters is 2. The van der Waals surface area contributed by atoms with Gasteiger partial charge in [-0.2, -0.15) is 0 Å². The lowest BCUT2D eigenvalue weighted by Crippen LogP contribution is -2.37. The number of carbonyl (C=O) groups is 2. The van der Waals surface area contributed by atoms with Crippen molar-refractivity contribution in [1.82, 2.24) is 0 Å². The van der Waals surface area contributed by atoms with Gasteiger partial charge < -0.3 is 27.9 Å². The van der Waals surface area contributed by atoms with Crippen LogP contribution in [0.15, 0.2) is 109 Å². The summed E-state index contributed by atoms with van der Waals surface area (Å²) in [6, 6.07) is 0. The summed E-state index contributed by atoms with van der Waals surface area (Å²) < 4.78 is 33.8. The fourth-order valence-electron chi connectivity index (χ4n) is 4.96. The molecule has 328 valence electrons. The van der Waals surface area contributed by atoms with E-state index in [1.165, 1.54) is 0 Å². The molecule has 0 spiro atoms. The number of carbonyl (C=O) groups excluding carboxylic acids is 2. The fraction of sp³-hybridized carbons (Fsp3) is 0.583. The quantitative estimate of drug-likeness (QED) is 0.0200. The zero-order valence-corrected chi connectivity index (χ0v) is 37.6. The van der Waals surface area contributed by atoms with E-state index in [1.54, 1.807) is 0 Å². The van der Waals surface area contributed by atoms with Gasteiger partial charge in [-0.25, -0.2) is 0 Å². The Balaban J connectivity index is 4.52. The van der Waals surface area contributed by atoms with E-state index in [0.29, 0.717) is 23.9 Å². The van der Waals surface area contributed by atoms with Crippen molar-refractivity contribution < 1.29 is 42.1 Å². The molecule has 0 saturated carbocycles. The average molecular weight is 828 g/mol. The number of unbranched alkanes of at least 4 members (excludes halogenated alkanes) is 5. The lowest BCUT2D eigenvalue weighted by Gasteiger charge is -2.28. The second kappa shape index (κ2) is 39.1. The molecular weight excluding hydrogens is 750 g/mol. The summed E-state index contributed by atoms with van der Waals surface area (Å²) in [5.74, 6) is -0.935. The Morgan fingerprint density at radius 2 is 0.931 bits per heavy atom. The highest BCUT2D eigenvalue weighted by Gasteiger charge is 2.21. The van der Waals surface area contributed by atoms with Crippen LogP contribution in [-0.4, -0.2) is 70.0 Å². The highest BCUT2D eigenvalue weighted by Crippen LogP contribution is 2.38. The molecule has 0 aliphatic rings. The number of quaternary nitrogens is 1. The zero-order valence-electron chi connectivity index (χ0n) is 36.7. The minimum atomic E-state index is -4.65. The van der Waals surface area contributed by atoms with E-state index in [9.17, 15) is 19.0 Å². The van der Waals surface area contributed by atoms with Crippen LogP contribution >= 0.6 is 7.82 Å². The molecule has 0 N–H and O–H groups in total. The van der Waals surface area contributed by atoms with Gasteiger partial charge in [0, 0.05) is 12.8 Å². The Morgan fingerprint density at radius 1 is 0.534 bits per heavy atom. The van der Waals surface area contributed by atoms with E-state index < -0.39 is 32.5 Å². The Kier molecular flexibility index (Phi) is 36.9. The summed E-state index contributed by atoms with van der Waals surface area (Å²) in [6.45, 7) is 3.87. The second-order valence-corrected chi connectivity index (χ2v) is 16.4. The van der Waals surface area contributed by atoms with Crippen LogP contribution in [0.3, 0.4) is 0 Å². The molecule has 0 heterocycles. The predicted molar refractivity (Wildman–Crippen MR) is 240 cm³/mol. The van der Waals surface area contributed by atoms with Gasteiger partial charge in [0.2, 0.25) is 0 Å². The Labute approximate surface area is 353 Å².